The summed E-state index contributed by atoms with van der Waals surface area (Å²) in [5, 5.41) is 4.98. The lowest BCUT2D eigenvalue weighted by atomic mass is 10.0. The molecule has 8 heteroatoms. The second kappa shape index (κ2) is 12.8. The van der Waals surface area contributed by atoms with Gasteiger partial charge in [0.1, 0.15) is 5.75 Å². The molecule has 4 nitrogen and oxygen atoms in total. The summed E-state index contributed by atoms with van der Waals surface area (Å²) in [6, 6.07) is 20.4. The highest BCUT2D eigenvalue weighted by molar-refractivity contribution is 8.08. The molecule has 3 aromatic rings. The van der Waals surface area contributed by atoms with Crippen LogP contribution in [0.4, 0.5) is 5.69 Å². The van der Waals surface area contributed by atoms with Gasteiger partial charge in [0.2, 0.25) is 0 Å². The third kappa shape index (κ3) is 6.12. The van der Waals surface area contributed by atoms with E-state index in [0.29, 0.717) is 12.0 Å². The van der Waals surface area contributed by atoms with Crippen molar-refractivity contribution in [2.45, 2.75) is 43.5 Å². The molecule has 0 bridgehead atoms. The number of anilines is 1. The van der Waals surface area contributed by atoms with Crippen LogP contribution in [0.2, 0.25) is 0 Å². The van der Waals surface area contributed by atoms with Gasteiger partial charge in [-0.2, -0.15) is 0 Å². The number of hydrogen-bond acceptors (Lipinski definition) is 5. The predicted octanol–water partition coefficient (Wildman–Crippen LogP) is 6.63. The molecule has 2 atom stereocenters. The number of likely N-dealkylation sites (N-methyl/N-ethyl adjacent to an activating group) is 1. The van der Waals surface area contributed by atoms with E-state index in [1.54, 1.807) is 7.11 Å². The third-order valence-electron chi connectivity index (χ3n) is 6.89. The number of benzene rings is 2. The van der Waals surface area contributed by atoms with E-state index in [9.17, 15) is 0 Å². The summed E-state index contributed by atoms with van der Waals surface area (Å²) < 4.78 is 9.60. The summed E-state index contributed by atoms with van der Waals surface area (Å²) >= 11 is 2.01. The van der Waals surface area contributed by atoms with Crippen LogP contribution in [0.5, 0.6) is 5.75 Å². The van der Waals surface area contributed by atoms with Gasteiger partial charge < -0.3 is 15.0 Å². The summed E-state index contributed by atoms with van der Waals surface area (Å²) in [6.45, 7) is 7.90. The lowest BCUT2D eigenvalue weighted by molar-refractivity contribution is 0.146. The smallest absolute Gasteiger partial charge is 0.118 e. The highest BCUT2D eigenvalue weighted by atomic mass is 35.5. The minimum absolute atomic E-state index is 0. The Morgan fingerprint density at radius 2 is 1.83 bits per heavy atom. The van der Waals surface area contributed by atoms with E-state index in [1.807, 2.05) is 11.3 Å². The standard InChI is InChI=1S/C28H35N3OS2.2ClH/c1-20(2)26-17-22-18-29-25-7-5-6-8-27(25)34(28(22)33-26)31-16-15-30(3)23(19-31)12-9-21-10-13-24(32-4)14-11-21;;/h5-8,10-11,13-14,17-18,20,23,29H,9,12,15-16,19H2,1-4H3;2*1H/t23-,34?;;/m0../s1. The molecule has 2 aliphatic rings. The second-order valence-corrected chi connectivity index (χ2v) is 12.8. The van der Waals surface area contributed by atoms with Crippen LogP contribution in [0.1, 0.15) is 36.6 Å². The van der Waals surface area contributed by atoms with Gasteiger partial charge in [-0.05, 0) is 61.7 Å². The molecular formula is C28H37Cl2N3OS2. The first-order chi connectivity index (χ1) is 16.5. The van der Waals surface area contributed by atoms with Crippen molar-refractivity contribution in [1.82, 2.24) is 9.21 Å². The van der Waals surface area contributed by atoms with Gasteiger partial charge in [-0.15, -0.1) is 36.2 Å². The molecule has 0 radical (unpaired) electrons. The van der Waals surface area contributed by atoms with Crippen LogP contribution in [0, 0.1) is 3.82 Å². The molecule has 1 aromatic heterocycles. The number of hydrogen-bond donors (Lipinski definition) is 1. The van der Waals surface area contributed by atoms with Gasteiger partial charge in [-0.3, -0.25) is 0 Å². The van der Waals surface area contributed by atoms with Gasteiger partial charge in [-0.1, -0.05) is 48.8 Å². The Morgan fingerprint density at radius 3 is 2.56 bits per heavy atom. The maximum atomic E-state index is 5.33. The average molecular weight is 567 g/mol. The number of thiophene rings is 1. The van der Waals surface area contributed by atoms with E-state index in [4.69, 9.17) is 4.74 Å². The summed E-state index contributed by atoms with van der Waals surface area (Å²) in [5.74, 6) is 1.48. The quantitative estimate of drug-likeness (QED) is 0.339. The van der Waals surface area contributed by atoms with Crippen molar-refractivity contribution in [2.75, 3.05) is 39.1 Å². The fourth-order valence-corrected chi connectivity index (χ4v) is 8.97. The first-order valence-electron chi connectivity index (χ1n) is 12.2. The zero-order valence-corrected chi connectivity index (χ0v) is 24.7. The molecule has 36 heavy (non-hydrogen) atoms. The minimum Gasteiger partial charge on any atom is -0.497 e. The van der Waals surface area contributed by atoms with Crippen molar-refractivity contribution in [2.24, 2.45) is 0 Å². The maximum absolute atomic E-state index is 5.33. The van der Waals surface area contributed by atoms with Crippen molar-refractivity contribution in [3.63, 3.8) is 0 Å². The SMILES string of the molecule is COc1ccc(CC[C@H]2CN(S3=c4sc(C(C)C)cc4=CNc4ccccc43)CCN2C)cc1.Cl.Cl. The van der Waals surface area contributed by atoms with Crippen LogP contribution < -0.4 is 15.3 Å². The zero-order valence-electron chi connectivity index (χ0n) is 21.4. The van der Waals surface area contributed by atoms with Crippen molar-refractivity contribution >= 4 is 58.7 Å². The summed E-state index contributed by atoms with van der Waals surface area (Å²) in [4.78, 5) is 5.46. The first-order valence-corrected chi connectivity index (χ1v) is 14.2. The zero-order chi connectivity index (χ0) is 23.7. The van der Waals surface area contributed by atoms with E-state index in [0.717, 1.165) is 38.2 Å². The topological polar surface area (TPSA) is 27.7 Å². The molecule has 0 amide bonds. The monoisotopic (exact) mass is 565 g/mol. The molecule has 2 aromatic carbocycles. The Kier molecular flexibility index (Phi) is 10.3. The molecule has 0 saturated carbocycles. The number of piperazine rings is 1. The van der Waals surface area contributed by atoms with Crippen LogP contribution in [0.3, 0.4) is 0 Å². The molecule has 1 fully saturated rings. The third-order valence-corrected chi connectivity index (χ3v) is 11.1. The van der Waals surface area contributed by atoms with Crippen LogP contribution in [0.15, 0.2) is 59.5 Å². The predicted molar refractivity (Wildman–Crippen MR) is 161 cm³/mol. The molecule has 0 aliphatic carbocycles. The summed E-state index contributed by atoms with van der Waals surface area (Å²) in [6.07, 6.45) is 4.48. The Balaban J connectivity index is 0.00000180. The van der Waals surface area contributed by atoms with Crippen LogP contribution >= 0.6 is 46.8 Å². The summed E-state index contributed by atoms with van der Waals surface area (Å²) in [5.41, 5.74) is 2.63. The van der Waals surface area contributed by atoms with Crippen LogP contribution in [0.25, 0.3) is 6.20 Å². The number of aryl methyl sites for hydroxylation is 1. The van der Waals surface area contributed by atoms with Gasteiger partial charge in [-0.25, -0.2) is 4.31 Å². The second-order valence-electron chi connectivity index (χ2n) is 9.52. The number of nitrogens with zero attached hydrogens (tertiary/aromatic N) is 2. The Hall–Kier alpha value is -1.54. The number of halogens is 2. The molecule has 5 rings (SSSR count). The largest absolute Gasteiger partial charge is 0.497 e. The average Bonchev–Trinajstić information content (AvgIpc) is 3.21. The highest BCUT2D eigenvalue weighted by Crippen LogP contribution is 2.42. The number of fused-ring (bicyclic) bond motifs is 2. The molecular weight excluding hydrogens is 529 g/mol. The van der Waals surface area contributed by atoms with Gasteiger partial charge in [0.25, 0.3) is 0 Å². The lowest BCUT2D eigenvalue weighted by Gasteiger charge is -2.41. The van der Waals surface area contributed by atoms with Crippen LogP contribution in [-0.2, 0) is 6.42 Å². The molecule has 0 spiro atoms. The normalized spacial score (nSPS) is 19.6. The van der Waals surface area contributed by atoms with Crippen molar-refractivity contribution in [3.05, 3.63) is 74.1 Å². The van der Waals surface area contributed by atoms with Gasteiger partial charge in [0.15, 0.2) is 0 Å². The van der Waals surface area contributed by atoms with Crippen LogP contribution in [-0.4, -0.2) is 49.0 Å². The van der Waals surface area contributed by atoms with Gasteiger partial charge in [0.05, 0.1) is 16.6 Å². The number of methoxy groups -OCH3 is 1. The Bertz CT molecular complexity index is 1280. The van der Waals surface area contributed by atoms with Crippen molar-refractivity contribution in [3.8, 4) is 5.75 Å². The number of ether oxygens (including phenoxy) is 1. The minimum atomic E-state index is -0.0672. The molecule has 1 N–H and O–H groups in total. The van der Waals surface area contributed by atoms with Gasteiger partial charge >= 0.3 is 0 Å². The first kappa shape index (κ1) is 29.0. The molecule has 1 saturated heterocycles. The van der Waals surface area contributed by atoms with E-state index >= 15 is 0 Å². The molecule has 3 heterocycles. The Labute approximate surface area is 234 Å². The molecule has 2 aliphatic heterocycles. The molecule has 196 valence electrons. The van der Waals surface area contributed by atoms with Crippen molar-refractivity contribution in [1.29, 1.82) is 0 Å². The number of para-hydroxylation sites is 1. The maximum Gasteiger partial charge on any atom is 0.118 e. The fourth-order valence-electron chi connectivity index (χ4n) is 4.73. The molecule has 1 unspecified atom stereocenters. The van der Waals surface area contributed by atoms with E-state index in [2.05, 4.69) is 96.2 Å². The summed E-state index contributed by atoms with van der Waals surface area (Å²) in [7, 11) is 3.95. The lowest BCUT2D eigenvalue weighted by Crippen LogP contribution is -2.49. The van der Waals surface area contributed by atoms with E-state index in [-0.39, 0.29) is 35.5 Å². The number of rotatable bonds is 6. The van der Waals surface area contributed by atoms with E-state index < -0.39 is 0 Å². The number of nitrogens with one attached hydrogen (secondary N) is 1. The Morgan fingerprint density at radius 1 is 1.08 bits per heavy atom. The fraction of sp³-hybridized carbons (Fsp3) is 0.393. The highest BCUT2D eigenvalue weighted by Gasteiger charge is 2.28. The van der Waals surface area contributed by atoms with Gasteiger partial charge in [0, 0.05) is 46.9 Å². The van der Waals surface area contributed by atoms with Crippen molar-refractivity contribution < 1.29 is 4.74 Å². The van der Waals surface area contributed by atoms with E-state index in [1.165, 1.54) is 30.1 Å².